The van der Waals surface area contributed by atoms with Crippen LogP contribution in [0, 0.1) is 10.4 Å². The summed E-state index contributed by atoms with van der Waals surface area (Å²) in [5.41, 5.74) is 0.644. The van der Waals surface area contributed by atoms with Crippen molar-refractivity contribution >= 4 is 11.8 Å². The highest BCUT2D eigenvalue weighted by Crippen LogP contribution is 2.10. The largest absolute Gasteiger partial charge is 0.619 e. The molecule has 0 aliphatic carbocycles. The van der Waals surface area contributed by atoms with Gasteiger partial charge in [-0.05, 0) is 12.1 Å². The number of amides is 2. The van der Waals surface area contributed by atoms with Gasteiger partial charge >= 0.3 is 0 Å². The van der Waals surface area contributed by atoms with Gasteiger partial charge in [0, 0.05) is 38.3 Å². The fraction of sp³-hybridized carbons (Fsp3) is 0.250. The van der Waals surface area contributed by atoms with E-state index in [9.17, 15) is 20.0 Å². The molecular formula is C16H16N4O4. The second-order valence-corrected chi connectivity index (χ2v) is 5.49. The second-order valence-electron chi connectivity index (χ2n) is 5.49. The number of carbonyl (C=O) groups excluding carboxylic acids is 2. The topological polar surface area (TPSA) is 94.5 Å². The Kier molecular flexibility index (Phi) is 4.28. The van der Waals surface area contributed by atoms with E-state index in [2.05, 4.69) is 0 Å². The summed E-state index contributed by atoms with van der Waals surface area (Å²) in [7, 11) is 0. The van der Waals surface area contributed by atoms with Crippen LogP contribution in [-0.2, 0) is 0 Å². The molecule has 1 saturated heterocycles. The maximum Gasteiger partial charge on any atom is 0.260 e. The van der Waals surface area contributed by atoms with Crippen LogP contribution in [0.15, 0.2) is 49.1 Å². The molecule has 1 aliphatic rings. The predicted molar refractivity (Wildman–Crippen MR) is 82.6 cm³/mol. The molecule has 24 heavy (non-hydrogen) atoms. The van der Waals surface area contributed by atoms with Crippen LogP contribution in [0.3, 0.4) is 0 Å². The third kappa shape index (κ3) is 3.27. The summed E-state index contributed by atoms with van der Waals surface area (Å²) in [6.07, 6.45) is 5.10. The second kappa shape index (κ2) is 6.53. The summed E-state index contributed by atoms with van der Waals surface area (Å²) in [6.45, 7) is 1.51. The van der Waals surface area contributed by atoms with E-state index in [0.717, 1.165) is 0 Å². The highest BCUT2D eigenvalue weighted by Gasteiger charge is 2.26. The molecule has 0 spiro atoms. The summed E-state index contributed by atoms with van der Waals surface area (Å²) < 4.78 is 1.17. The van der Waals surface area contributed by atoms with Gasteiger partial charge in [-0.2, -0.15) is 9.46 Å². The van der Waals surface area contributed by atoms with Gasteiger partial charge in [0.2, 0.25) is 0 Å². The smallest absolute Gasteiger partial charge is 0.260 e. The quantitative estimate of drug-likeness (QED) is 0.551. The minimum Gasteiger partial charge on any atom is -0.619 e. The molecule has 0 bridgehead atoms. The monoisotopic (exact) mass is 328 g/mol. The zero-order valence-electron chi connectivity index (χ0n) is 12.9. The Balaban J connectivity index is 1.63. The normalized spacial score (nSPS) is 14.5. The highest BCUT2D eigenvalue weighted by molar-refractivity contribution is 5.95. The van der Waals surface area contributed by atoms with E-state index in [0.29, 0.717) is 46.8 Å². The average Bonchev–Trinajstić information content (AvgIpc) is 2.60. The Bertz CT molecular complexity index is 707. The summed E-state index contributed by atoms with van der Waals surface area (Å²) in [5, 5.41) is 22.5. The summed E-state index contributed by atoms with van der Waals surface area (Å²) in [6, 6.07) is 6.22. The molecule has 8 heteroatoms. The predicted octanol–water partition coefficient (Wildman–Crippen LogP) is -0.448. The molecule has 3 rings (SSSR count). The first-order valence-electron chi connectivity index (χ1n) is 7.51. The van der Waals surface area contributed by atoms with Gasteiger partial charge in [-0.25, -0.2) is 0 Å². The number of carbonyl (C=O) groups is 2. The van der Waals surface area contributed by atoms with Gasteiger partial charge in [0.15, 0.2) is 24.8 Å². The molecule has 0 aromatic carbocycles. The number of hydrogen-bond acceptors (Lipinski definition) is 4. The van der Waals surface area contributed by atoms with Crippen LogP contribution in [0.4, 0.5) is 0 Å². The first-order chi connectivity index (χ1) is 11.5. The average molecular weight is 328 g/mol. The fourth-order valence-electron chi connectivity index (χ4n) is 2.64. The fourth-order valence-corrected chi connectivity index (χ4v) is 2.64. The minimum absolute atomic E-state index is 0.232. The van der Waals surface area contributed by atoms with Gasteiger partial charge in [0.1, 0.15) is 11.1 Å². The zero-order chi connectivity index (χ0) is 17.1. The minimum atomic E-state index is -0.232. The van der Waals surface area contributed by atoms with E-state index in [4.69, 9.17) is 0 Å². The van der Waals surface area contributed by atoms with Crippen molar-refractivity contribution in [2.75, 3.05) is 26.2 Å². The molecule has 2 aromatic heterocycles. The van der Waals surface area contributed by atoms with Crippen LogP contribution in [0.2, 0.25) is 0 Å². The zero-order valence-corrected chi connectivity index (χ0v) is 12.9. The number of aromatic nitrogens is 2. The lowest BCUT2D eigenvalue weighted by molar-refractivity contribution is -0.605. The number of rotatable bonds is 2. The number of nitrogens with zero attached hydrogens (tertiary/aromatic N) is 4. The van der Waals surface area contributed by atoms with Gasteiger partial charge in [0.05, 0.1) is 0 Å². The Hall–Kier alpha value is -3.16. The number of hydrogen-bond donors (Lipinski definition) is 0. The van der Waals surface area contributed by atoms with E-state index in [-0.39, 0.29) is 11.8 Å². The lowest BCUT2D eigenvalue weighted by Crippen LogP contribution is -2.51. The van der Waals surface area contributed by atoms with Crippen molar-refractivity contribution < 1.29 is 19.0 Å². The van der Waals surface area contributed by atoms with Crippen LogP contribution in [0.5, 0.6) is 0 Å². The highest BCUT2D eigenvalue weighted by atomic mass is 16.5. The van der Waals surface area contributed by atoms with Gasteiger partial charge in [-0.3, -0.25) is 9.59 Å². The Morgan fingerprint density at radius 2 is 1.17 bits per heavy atom. The first-order valence-corrected chi connectivity index (χ1v) is 7.51. The summed E-state index contributed by atoms with van der Waals surface area (Å²) in [5.74, 6) is -0.464. The molecule has 2 amide bonds. The Morgan fingerprint density at radius 3 is 1.50 bits per heavy atom. The molecule has 3 heterocycles. The van der Waals surface area contributed by atoms with E-state index < -0.39 is 0 Å². The maximum absolute atomic E-state index is 12.4. The van der Waals surface area contributed by atoms with E-state index in [1.165, 1.54) is 36.9 Å². The van der Waals surface area contributed by atoms with Crippen molar-refractivity contribution in [1.29, 1.82) is 0 Å². The van der Waals surface area contributed by atoms with E-state index in [1.807, 2.05) is 0 Å². The SMILES string of the molecule is O=C(c1ccc[n+]([O-])c1)N1CCN(C(=O)c2ccc[n+]([O-])c2)CC1. The van der Waals surface area contributed by atoms with Crippen molar-refractivity contribution in [2.24, 2.45) is 0 Å². The summed E-state index contributed by atoms with van der Waals surface area (Å²) >= 11 is 0. The maximum atomic E-state index is 12.4. The molecule has 0 saturated carbocycles. The van der Waals surface area contributed by atoms with Gasteiger partial charge in [-0.1, -0.05) is 0 Å². The number of piperazine rings is 1. The lowest BCUT2D eigenvalue weighted by Gasteiger charge is -2.34. The van der Waals surface area contributed by atoms with Crippen LogP contribution in [0.25, 0.3) is 0 Å². The van der Waals surface area contributed by atoms with Crippen LogP contribution >= 0.6 is 0 Å². The molecule has 2 aromatic rings. The number of pyridine rings is 2. The summed E-state index contributed by atoms with van der Waals surface area (Å²) in [4.78, 5) is 28.0. The van der Waals surface area contributed by atoms with E-state index >= 15 is 0 Å². The van der Waals surface area contributed by atoms with Crippen molar-refractivity contribution in [3.8, 4) is 0 Å². The third-order valence-corrected chi connectivity index (χ3v) is 3.90. The molecule has 0 radical (unpaired) electrons. The van der Waals surface area contributed by atoms with Crippen LogP contribution in [-0.4, -0.2) is 47.8 Å². The van der Waals surface area contributed by atoms with Crippen molar-refractivity contribution in [3.63, 3.8) is 0 Å². The standard InChI is InChI=1S/C16H16N4O4/c21-15(13-3-1-5-19(23)11-13)17-7-9-18(10-8-17)16(22)14-4-2-6-20(24)12-14/h1-6,11-12H,7-10H2. The molecule has 1 aliphatic heterocycles. The Morgan fingerprint density at radius 1 is 0.792 bits per heavy atom. The molecule has 0 unspecified atom stereocenters. The van der Waals surface area contributed by atoms with Gasteiger partial charge in [0.25, 0.3) is 11.8 Å². The van der Waals surface area contributed by atoms with Crippen LogP contribution < -0.4 is 9.46 Å². The lowest BCUT2D eigenvalue weighted by atomic mass is 10.2. The molecule has 0 N–H and O–H groups in total. The molecule has 8 nitrogen and oxygen atoms in total. The third-order valence-electron chi connectivity index (χ3n) is 3.90. The van der Waals surface area contributed by atoms with Crippen molar-refractivity contribution in [3.05, 3.63) is 70.6 Å². The molecule has 1 fully saturated rings. The molecular weight excluding hydrogens is 312 g/mol. The van der Waals surface area contributed by atoms with Crippen LogP contribution in [0.1, 0.15) is 20.7 Å². The van der Waals surface area contributed by atoms with Gasteiger partial charge in [-0.15, -0.1) is 0 Å². The van der Waals surface area contributed by atoms with Crippen molar-refractivity contribution in [1.82, 2.24) is 9.80 Å². The van der Waals surface area contributed by atoms with E-state index in [1.54, 1.807) is 21.9 Å². The molecule has 124 valence electrons. The first kappa shape index (κ1) is 15.7. The Labute approximate surface area is 138 Å². The van der Waals surface area contributed by atoms with Gasteiger partial charge < -0.3 is 20.2 Å². The molecule has 0 atom stereocenters. The van der Waals surface area contributed by atoms with Crippen molar-refractivity contribution in [2.45, 2.75) is 0 Å².